The molecule has 0 N–H and O–H groups in total. The quantitative estimate of drug-likeness (QED) is 0.597. The highest BCUT2D eigenvalue weighted by Gasteiger charge is 2.34. The van der Waals surface area contributed by atoms with E-state index in [9.17, 15) is 13.2 Å². The van der Waals surface area contributed by atoms with E-state index in [0.29, 0.717) is 26.9 Å². The van der Waals surface area contributed by atoms with Gasteiger partial charge in [0.1, 0.15) is 19.1 Å². The van der Waals surface area contributed by atoms with Gasteiger partial charge in [0.05, 0.1) is 10.0 Å². The van der Waals surface area contributed by atoms with E-state index in [1.807, 2.05) is 0 Å². The van der Waals surface area contributed by atoms with E-state index in [-0.39, 0.29) is 10.3 Å². The molecule has 0 saturated heterocycles. The summed E-state index contributed by atoms with van der Waals surface area (Å²) in [7, 11) is 1.60. The number of quaternary nitrogens is 1. The monoisotopic (exact) mass is 371 g/mol. The second kappa shape index (κ2) is 6.24. The van der Waals surface area contributed by atoms with E-state index < -0.39 is 12.2 Å². The number of nitrogens with zero attached hydrogens (tertiary/aromatic N) is 2. The lowest BCUT2D eigenvalue weighted by atomic mass is 10.0. The molecule has 1 aliphatic rings. The third kappa shape index (κ3) is 3.07. The summed E-state index contributed by atoms with van der Waals surface area (Å²) in [5.74, 6) is -0.484. The van der Waals surface area contributed by atoms with Crippen molar-refractivity contribution in [3.63, 3.8) is 0 Å². The molecule has 0 aromatic heterocycles. The fraction of sp³-hybridized carbons (Fsp3) is 0.118. The molecule has 3 rings (SSSR count). The second-order valence-corrected chi connectivity index (χ2v) is 6.27. The summed E-state index contributed by atoms with van der Waals surface area (Å²) in [6, 6.07) is 9.14. The van der Waals surface area contributed by atoms with Gasteiger partial charge < -0.3 is 0 Å². The van der Waals surface area contributed by atoms with Crippen LogP contribution in [0.4, 0.5) is 18.9 Å². The Bertz CT molecular complexity index is 865. The van der Waals surface area contributed by atoms with Crippen LogP contribution in [0.25, 0.3) is 11.1 Å². The van der Waals surface area contributed by atoms with E-state index in [2.05, 4.69) is 5.10 Å². The molecule has 2 aromatic carbocycles. The van der Waals surface area contributed by atoms with Crippen molar-refractivity contribution in [1.82, 2.24) is 4.59 Å². The molecule has 0 spiro atoms. The summed E-state index contributed by atoms with van der Waals surface area (Å²) in [6.07, 6.45) is 0.0362. The van der Waals surface area contributed by atoms with Crippen molar-refractivity contribution >= 4 is 34.6 Å². The first kappa shape index (κ1) is 17.0. The molecule has 0 saturated carbocycles. The topological polar surface area (TPSA) is 12.4 Å². The SMILES string of the molecule is C[N+]1(c2cc(F)ccc2-c2ccc(Cl)c(Cl)c2)C=CC(C(F)F)=N1. The van der Waals surface area contributed by atoms with Crippen molar-refractivity contribution < 1.29 is 13.2 Å². The lowest BCUT2D eigenvalue weighted by Gasteiger charge is -2.23. The smallest absolute Gasteiger partial charge is 0.207 e. The summed E-state index contributed by atoms with van der Waals surface area (Å²) in [5, 5.41) is 4.76. The van der Waals surface area contributed by atoms with Crippen molar-refractivity contribution in [3.05, 3.63) is 64.5 Å². The van der Waals surface area contributed by atoms with Crippen molar-refractivity contribution in [3.8, 4) is 11.1 Å². The number of benzene rings is 2. The zero-order valence-electron chi connectivity index (χ0n) is 12.5. The van der Waals surface area contributed by atoms with Crippen LogP contribution in [0.15, 0.2) is 53.8 Å². The van der Waals surface area contributed by atoms with Gasteiger partial charge in [0, 0.05) is 17.7 Å². The molecule has 0 fully saturated rings. The fourth-order valence-electron chi connectivity index (χ4n) is 2.57. The molecule has 7 heteroatoms. The third-order valence-corrected chi connectivity index (χ3v) is 4.50. The summed E-state index contributed by atoms with van der Waals surface area (Å²) >= 11 is 12.0. The number of rotatable bonds is 3. The molecule has 0 aliphatic carbocycles. The van der Waals surface area contributed by atoms with Crippen LogP contribution in [0.2, 0.25) is 10.0 Å². The van der Waals surface area contributed by atoms with Gasteiger partial charge in [-0.25, -0.2) is 13.2 Å². The van der Waals surface area contributed by atoms with Gasteiger partial charge in [-0.3, -0.25) is 0 Å². The lowest BCUT2D eigenvalue weighted by molar-refractivity contribution is 0.225. The van der Waals surface area contributed by atoms with Crippen molar-refractivity contribution in [2.75, 3.05) is 7.05 Å². The minimum atomic E-state index is -2.69. The molecule has 124 valence electrons. The average molecular weight is 372 g/mol. The summed E-state index contributed by atoms with van der Waals surface area (Å²) in [4.78, 5) is 0. The van der Waals surface area contributed by atoms with Crippen molar-refractivity contribution in [1.29, 1.82) is 0 Å². The fourth-order valence-corrected chi connectivity index (χ4v) is 2.86. The number of halogens is 5. The standard InChI is InChI=1S/C17H12Cl2F3N2/c1-24(7-6-15(23-24)17(21)22)16-9-11(20)3-4-12(16)10-2-5-13(18)14(19)8-10/h2-9,17H,1H3/q+1. The van der Waals surface area contributed by atoms with Crippen molar-refractivity contribution in [2.45, 2.75) is 6.43 Å². The second-order valence-electron chi connectivity index (χ2n) is 5.46. The van der Waals surface area contributed by atoms with Gasteiger partial charge in [0.2, 0.25) is 0 Å². The zero-order valence-corrected chi connectivity index (χ0v) is 14.0. The molecule has 0 radical (unpaired) electrons. The maximum absolute atomic E-state index is 13.8. The van der Waals surface area contributed by atoms with Gasteiger partial charge in [-0.15, -0.1) is 4.59 Å². The highest BCUT2D eigenvalue weighted by atomic mass is 35.5. The van der Waals surface area contributed by atoms with Crippen molar-refractivity contribution in [2.24, 2.45) is 5.10 Å². The molecule has 1 heterocycles. The minimum Gasteiger partial charge on any atom is -0.207 e. The molecule has 2 aromatic rings. The molecular formula is C17H12Cl2F3N2+. The first-order valence-electron chi connectivity index (χ1n) is 6.99. The largest absolute Gasteiger partial charge is 0.285 e. The van der Waals surface area contributed by atoms with E-state index in [1.165, 1.54) is 24.4 Å². The number of hydrogen-bond donors (Lipinski definition) is 0. The van der Waals surface area contributed by atoms with E-state index >= 15 is 0 Å². The summed E-state index contributed by atoms with van der Waals surface area (Å²) in [5.41, 5.74) is 1.39. The maximum atomic E-state index is 13.8. The number of allylic oxidation sites excluding steroid dienone is 1. The molecule has 1 unspecified atom stereocenters. The molecule has 1 aliphatic heterocycles. The predicted molar refractivity (Wildman–Crippen MR) is 92.2 cm³/mol. The Morgan fingerprint density at radius 1 is 1.04 bits per heavy atom. The molecule has 24 heavy (non-hydrogen) atoms. The van der Waals surface area contributed by atoms with Gasteiger partial charge in [-0.2, -0.15) is 0 Å². The van der Waals surface area contributed by atoms with Crippen LogP contribution in [0, 0.1) is 5.82 Å². The van der Waals surface area contributed by atoms with Gasteiger partial charge in [-0.1, -0.05) is 34.4 Å². The Balaban J connectivity index is 2.17. The molecule has 0 bridgehead atoms. The minimum absolute atomic E-state index is 0.312. The Hall–Kier alpha value is -1.82. The molecule has 2 nitrogen and oxygen atoms in total. The van der Waals surface area contributed by atoms with E-state index in [4.69, 9.17) is 23.2 Å². The van der Waals surface area contributed by atoms with Crippen LogP contribution in [-0.2, 0) is 0 Å². The number of hydrogen-bond acceptors (Lipinski definition) is 1. The maximum Gasteiger partial charge on any atom is 0.285 e. The molecule has 0 amide bonds. The average Bonchev–Trinajstić information content (AvgIpc) is 2.94. The van der Waals surface area contributed by atoms with Gasteiger partial charge in [0.15, 0.2) is 11.4 Å². The first-order chi connectivity index (χ1) is 11.3. The van der Waals surface area contributed by atoms with Crippen LogP contribution >= 0.6 is 23.2 Å². The predicted octanol–water partition coefficient (Wildman–Crippen LogP) is 5.89. The Morgan fingerprint density at radius 3 is 2.42 bits per heavy atom. The highest BCUT2D eigenvalue weighted by molar-refractivity contribution is 6.42. The van der Waals surface area contributed by atoms with Crippen LogP contribution < -0.4 is 4.59 Å². The van der Waals surface area contributed by atoms with Gasteiger partial charge >= 0.3 is 0 Å². The Labute approximate surface area is 147 Å². The van der Waals surface area contributed by atoms with Crippen LogP contribution in [-0.4, -0.2) is 19.2 Å². The molecular weight excluding hydrogens is 360 g/mol. The third-order valence-electron chi connectivity index (χ3n) is 3.76. The van der Waals surface area contributed by atoms with Crippen LogP contribution in [0.5, 0.6) is 0 Å². The highest BCUT2D eigenvalue weighted by Crippen LogP contribution is 2.39. The van der Waals surface area contributed by atoms with E-state index in [1.54, 1.807) is 31.3 Å². The molecule has 1 atom stereocenters. The Kier molecular flexibility index (Phi) is 4.42. The normalized spacial score (nSPS) is 19.9. The summed E-state index contributed by atoms with van der Waals surface area (Å²) < 4.78 is 39.3. The lowest BCUT2D eigenvalue weighted by Crippen LogP contribution is -2.32. The first-order valence-corrected chi connectivity index (χ1v) is 7.75. The van der Waals surface area contributed by atoms with E-state index in [0.717, 1.165) is 0 Å². The Morgan fingerprint density at radius 2 is 1.79 bits per heavy atom. The van der Waals surface area contributed by atoms with Crippen LogP contribution in [0.1, 0.15) is 0 Å². The number of alkyl halides is 2. The summed E-state index contributed by atoms with van der Waals surface area (Å²) in [6.45, 7) is 0. The zero-order chi connectivity index (χ0) is 17.5. The van der Waals surface area contributed by atoms with Crippen LogP contribution in [0.3, 0.4) is 0 Å². The van der Waals surface area contributed by atoms with Gasteiger partial charge in [0.25, 0.3) is 6.43 Å². The van der Waals surface area contributed by atoms with Gasteiger partial charge in [-0.05, 0) is 29.8 Å².